The van der Waals surface area contributed by atoms with Crippen LogP contribution in [0.1, 0.15) is 105 Å². The molecule has 1 aliphatic heterocycles. The van der Waals surface area contributed by atoms with Crippen molar-refractivity contribution < 1.29 is 33.8 Å². The van der Waals surface area contributed by atoms with Crippen LogP contribution in [0.25, 0.3) is 0 Å². The third-order valence-electron chi connectivity index (χ3n) is 9.46. The van der Waals surface area contributed by atoms with E-state index in [-0.39, 0.29) is 48.4 Å². The zero-order valence-corrected chi connectivity index (χ0v) is 31.1. The maximum atomic E-state index is 13.9. The summed E-state index contributed by atoms with van der Waals surface area (Å²) in [5.74, 6) is -2.95. The Balaban J connectivity index is 1.47. The number of esters is 1. The van der Waals surface area contributed by atoms with Gasteiger partial charge in [0.15, 0.2) is 6.10 Å². The molecule has 270 valence electrons. The summed E-state index contributed by atoms with van der Waals surface area (Å²) >= 11 is 2.63. The molecule has 2 aromatic heterocycles. The van der Waals surface area contributed by atoms with Crippen LogP contribution >= 0.6 is 22.7 Å². The molecule has 0 spiro atoms. The summed E-state index contributed by atoms with van der Waals surface area (Å²) in [6.45, 7) is 9.59. The van der Waals surface area contributed by atoms with Crippen molar-refractivity contribution in [3.05, 3.63) is 32.2 Å². The highest BCUT2D eigenvalue weighted by atomic mass is 32.1. The number of carboxylic acids is 1. The van der Waals surface area contributed by atoms with Gasteiger partial charge in [-0.1, -0.05) is 27.2 Å². The zero-order chi connectivity index (χ0) is 36.0. The van der Waals surface area contributed by atoms with Crippen LogP contribution in [0, 0.1) is 18.8 Å². The third kappa shape index (κ3) is 10.1. The number of carboxylic acid groups (broad SMARTS) is 1. The minimum atomic E-state index is -0.954. The van der Waals surface area contributed by atoms with E-state index < -0.39 is 41.4 Å². The minimum Gasteiger partial charge on any atom is -0.481 e. The Hall–Kier alpha value is -3.43. The van der Waals surface area contributed by atoms with Crippen molar-refractivity contribution in [1.82, 2.24) is 30.4 Å². The molecule has 3 N–H and O–H groups in total. The number of carbonyl (C=O) groups excluding carboxylic acids is 4. The van der Waals surface area contributed by atoms with Crippen LogP contribution in [0.5, 0.6) is 0 Å². The van der Waals surface area contributed by atoms with Crippen LogP contribution in [0.4, 0.5) is 0 Å². The van der Waals surface area contributed by atoms with E-state index in [1.807, 2.05) is 38.1 Å². The van der Waals surface area contributed by atoms with Gasteiger partial charge in [-0.25, -0.2) is 9.97 Å². The second-order valence-electron chi connectivity index (χ2n) is 13.9. The number of piperidine rings is 1. The number of nitrogens with one attached hydrogen (secondary N) is 2. The normalized spacial score (nSPS) is 19.7. The molecule has 0 unspecified atom stereocenters. The molecule has 0 bridgehead atoms. The van der Waals surface area contributed by atoms with Crippen LogP contribution in [-0.2, 0) is 30.3 Å². The standard InChI is InChI=1S/C34H50N6O7S2/c1-19(2)26(40(7)33(46)34(11-12-34)38-30(43)25-10-8-9-13-39(25)6)16-27(47-22(5)41)31-37-24(18-49-31)29(42)36-23(14-20(3)32(44)45)15-28-35-21(4)17-48-28/h17-20,23,25-27H,8-16H2,1-7H3,(H,36,42)(H,38,43)(H,44,45)/t20-,23+,25+,26+,27+/m0/s1. The van der Waals surface area contributed by atoms with Gasteiger partial charge in [0.25, 0.3) is 5.91 Å². The zero-order valence-electron chi connectivity index (χ0n) is 29.5. The highest BCUT2D eigenvalue weighted by Gasteiger charge is 2.54. The van der Waals surface area contributed by atoms with E-state index in [2.05, 4.69) is 20.6 Å². The number of nitrogens with zero attached hydrogens (tertiary/aromatic N) is 4. The van der Waals surface area contributed by atoms with Crippen LogP contribution in [-0.4, -0.2) is 98.8 Å². The Kier molecular flexibility index (Phi) is 12.9. The molecule has 5 atom stereocenters. The van der Waals surface area contributed by atoms with Gasteiger partial charge in [0.2, 0.25) is 11.8 Å². The molecular formula is C34H50N6O7S2. The molecule has 1 saturated heterocycles. The average molecular weight is 719 g/mol. The van der Waals surface area contributed by atoms with Crippen molar-refractivity contribution >= 4 is 52.3 Å². The Labute approximate surface area is 296 Å². The summed E-state index contributed by atoms with van der Waals surface area (Å²) in [6.07, 6.45) is 3.94. The van der Waals surface area contributed by atoms with Gasteiger partial charge < -0.3 is 25.4 Å². The number of likely N-dealkylation sites (N-methyl/N-ethyl adjacent to an activating group) is 2. The fraction of sp³-hybridized carbons (Fsp3) is 0.676. The third-order valence-corrected chi connectivity index (χ3v) is 11.4. The highest BCUT2D eigenvalue weighted by molar-refractivity contribution is 7.10. The maximum Gasteiger partial charge on any atom is 0.306 e. The lowest BCUT2D eigenvalue weighted by atomic mass is 9.95. The molecule has 2 aliphatic rings. The molecule has 0 aromatic carbocycles. The summed E-state index contributed by atoms with van der Waals surface area (Å²) in [5, 5.41) is 20.2. The van der Waals surface area contributed by atoms with Crippen molar-refractivity contribution in [3.8, 4) is 0 Å². The monoisotopic (exact) mass is 718 g/mol. The lowest BCUT2D eigenvalue weighted by Crippen LogP contribution is -2.57. The molecule has 0 radical (unpaired) electrons. The molecule has 1 saturated carbocycles. The molecule has 15 heteroatoms. The van der Waals surface area contributed by atoms with Gasteiger partial charge in [-0.2, -0.15) is 0 Å². The van der Waals surface area contributed by atoms with E-state index in [9.17, 15) is 29.1 Å². The molecule has 49 heavy (non-hydrogen) atoms. The number of thiazole rings is 2. The number of carbonyl (C=O) groups is 5. The largest absolute Gasteiger partial charge is 0.481 e. The fourth-order valence-electron chi connectivity index (χ4n) is 6.45. The lowest BCUT2D eigenvalue weighted by Gasteiger charge is -2.37. The van der Waals surface area contributed by atoms with Crippen molar-refractivity contribution in [2.75, 3.05) is 20.6 Å². The summed E-state index contributed by atoms with van der Waals surface area (Å²) in [4.78, 5) is 77.2. The van der Waals surface area contributed by atoms with Gasteiger partial charge >= 0.3 is 11.9 Å². The van der Waals surface area contributed by atoms with Gasteiger partial charge in [-0.3, -0.25) is 28.9 Å². The summed E-state index contributed by atoms with van der Waals surface area (Å²) in [7, 11) is 3.66. The molecule has 1 aliphatic carbocycles. The van der Waals surface area contributed by atoms with Gasteiger partial charge in [0.05, 0.1) is 17.0 Å². The van der Waals surface area contributed by atoms with Gasteiger partial charge in [-0.15, -0.1) is 22.7 Å². The van der Waals surface area contributed by atoms with E-state index in [0.717, 1.165) is 36.5 Å². The summed E-state index contributed by atoms with van der Waals surface area (Å²) in [5.41, 5.74) is 0.0406. The van der Waals surface area contributed by atoms with E-state index >= 15 is 0 Å². The van der Waals surface area contributed by atoms with Gasteiger partial charge in [0, 0.05) is 55.4 Å². The van der Waals surface area contributed by atoms with E-state index in [4.69, 9.17) is 4.74 Å². The predicted molar refractivity (Wildman–Crippen MR) is 186 cm³/mol. The summed E-state index contributed by atoms with van der Waals surface area (Å²) in [6, 6.07) is -1.10. The number of hydrogen-bond acceptors (Lipinski definition) is 11. The van der Waals surface area contributed by atoms with Crippen LogP contribution in [0.2, 0.25) is 0 Å². The molecule has 2 aromatic rings. The number of ether oxygens (including phenoxy) is 1. The van der Waals surface area contributed by atoms with E-state index in [1.54, 1.807) is 24.3 Å². The topological polar surface area (TPSA) is 171 Å². The Morgan fingerprint density at radius 2 is 1.82 bits per heavy atom. The minimum absolute atomic E-state index is 0.0304. The van der Waals surface area contributed by atoms with Crippen molar-refractivity contribution in [2.24, 2.45) is 11.8 Å². The number of aryl methyl sites for hydroxylation is 1. The number of likely N-dealkylation sites (tertiary alicyclic amines) is 1. The highest BCUT2D eigenvalue weighted by Crippen LogP contribution is 2.39. The number of rotatable bonds is 16. The Morgan fingerprint density at radius 3 is 2.39 bits per heavy atom. The lowest BCUT2D eigenvalue weighted by molar-refractivity contribution is -0.149. The van der Waals surface area contributed by atoms with Gasteiger partial charge in [0.1, 0.15) is 16.2 Å². The maximum absolute atomic E-state index is 13.9. The molecule has 2 fully saturated rings. The average Bonchev–Trinajstić information content (AvgIpc) is 3.42. The van der Waals surface area contributed by atoms with Crippen LogP contribution in [0.3, 0.4) is 0 Å². The quantitative estimate of drug-likeness (QED) is 0.216. The SMILES string of the molecule is CC(=O)O[C@H](C[C@H](C(C)C)N(C)C(=O)C1(NC(=O)[C@H]2CCCCN2C)CC1)c1nc(C(=O)N[C@@H](Cc2nc(C)cs2)C[C@H](C)C(=O)O)cs1. The van der Waals surface area contributed by atoms with Gasteiger partial charge in [-0.05, 0) is 58.5 Å². The molecule has 13 nitrogen and oxygen atoms in total. The number of hydrogen-bond donors (Lipinski definition) is 3. The smallest absolute Gasteiger partial charge is 0.306 e. The second-order valence-corrected chi connectivity index (χ2v) is 15.8. The first-order valence-corrected chi connectivity index (χ1v) is 18.7. The van der Waals surface area contributed by atoms with Crippen LogP contribution < -0.4 is 10.6 Å². The predicted octanol–water partition coefficient (Wildman–Crippen LogP) is 3.97. The number of aliphatic carboxylic acids is 1. The Morgan fingerprint density at radius 1 is 1.10 bits per heavy atom. The van der Waals surface area contributed by atoms with Crippen LogP contribution in [0.15, 0.2) is 10.8 Å². The first-order chi connectivity index (χ1) is 23.1. The fourth-order valence-corrected chi connectivity index (χ4v) is 8.15. The first kappa shape index (κ1) is 38.4. The summed E-state index contributed by atoms with van der Waals surface area (Å²) < 4.78 is 5.73. The molecular weight excluding hydrogens is 669 g/mol. The first-order valence-electron chi connectivity index (χ1n) is 17.0. The number of aromatic nitrogens is 2. The van der Waals surface area contributed by atoms with Crippen molar-refractivity contribution in [3.63, 3.8) is 0 Å². The van der Waals surface area contributed by atoms with E-state index in [0.29, 0.717) is 24.3 Å². The van der Waals surface area contributed by atoms with Crippen molar-refractivity contribution in [2.45, 2.75) is 116 Å². The second kappa shape index (κ2) is 16.5. The molecule has 3 amide bonds. The van der Waals surface area contributed by atoms with E-state index in [1.165, 1.54) is 29.6 Å². The van der Waals surface area contributed by atoms with Crippen molar-refractivity contribution in [1.29, 1.82) is 0 Å². The molecule has 4 rings (SSSR count). The number of amides is 3. The molecule has 3 heterocycles. The Bertz CT molecular complexity index is 1500.